The zero-order chi connectivity index (χ0) is 20.6. The molecule has 4 rings (SSSR count). The van der Waals surface area contributed by atoms with Crippen LogP contribution in [0.2, 0.25) is 0 Å². The molecule has 2 aromatic heterocycles. The highest BCUT2D eigenvalue weighted by molar-refractivity contribution is 5.72. The van der Waals surface area contributed by atoms with Gasteiger partial charge in [0.05, 0.1) is 24.4 Å². The lowest BCUT2D eigenvalue weighted by Crippen LogP contribution is -2.22. The van der Waals surface area contributed by atoms with E-state index in [1.807, 2.05) is 30.3 Å². The highest BCUT2D eigenvalue weighted by Gasteiger charge is 2.30. The van der Waals surface area contributed by atoms with Crippen LogP contribution in [-0.4, -0.2) is 19.3 Å². The van der Waals surface area contributed by atoms with E-state index in [1.54, 1.807) is 6.20 Å². The van der Waals surface area contributed by atoms with Crippen molar-refractivity contribution in [2.45, 2.75) is 19.3 Å². The van der Waals surface area contributed by atoms with Crippen molar-refractivity contribution in [1.82, 2.24) is 14.2 Å². The first kappa shape index (κ1) is 18.9. The standard InChI is InChI=1S/C21H16F3N3O2/c22-21(23,24)16-8-4-5-14(11-16)12-26-9-10-27-19(20(26)29)17(13-28)18(25-27)15-6-2-1-3-7-15/h1-11,28H,12-13H2. The molecule has 2 heterocycles. The van der Waals surface area contributed by atoms with Gasteiger partial charge >= 0.3 is 6.18 Å². The van der Waals surface area contributed by atoms with E-state index >= 15 is 0 Å². The van der Waals surface area contributed by atoms with E-state index in [0.29, 0.717) is 16.8 Å². The van der Waals surface area contributed by atoms with Crippen molar-refractivity contribution in [3.63, 3.8) is 0 Å². The number of fused-ring (bicyclic) bond motifs is 1. The van der Waals surface area contributed by atoms with Crippen LogP contribution in [-0.2, 0) is 19.3 Å². The normalized spacial score (nSPS) is 11.9. The molecule has 1 N–H and O–H groups in total. The molecule has 0 saturated carbocycles. The lowest BCUT2D eigenvalue weighted by molar-refractivity contribution is -0.137. The Morgan fingerprint density at radius 1 is 1.00 bits per heavy atom. The van der Waals surface area contributed by atoms with E-state index in [0.717, 1.165) is 17.7 Å². The first-order valence-corrected chi connectivity index (χ1v) is 8.81. The second kappa shape index (κ2) is 7.21. The van der Waals surface area contributed by atoms with Gasteiger partial charge in [-0.15, -0.1) is 0 Å². The lowest BCUT2D eigenvalue weighted by Gasteiger charge is -2.10. The van der Waals surface area contributed by atoms with Gasteiger partial charge in [-0.05, 0) is 17.7 Å². The summed E-state index contributed by atoms with van der Waals surface area (Å²) in [6, 6.07) is 14.0. The third-order valence-electron chi connectivity index (χ3n) is 4.67. The van der Waals surface area contributed by atoms with E-state index in [2.05, 4.69) is 5.10 Å². The molecule has 0 spiro atoms. The Bertz CT molecular complexity index is 1230. The fourth-order valence-electron chi connectivity index (χ4n) is 3.30. The summed E-state index contributed by atoms with van der Waals surface area (Å²) in [4.78, 5) is 13.0. The maximum atomic E-state index is 13.0. The van der Waals surface area contributed by atoms with E-state index < -0.39 is 23.9 Å². The summed E-state index contributed by atoms with van der Waals surface area (Å²) in [6.45, 7) is -0.424. The summed E-state index contributed by atoms with van der Waals surface area (Å²) in [5.74, 6) is 0. The summed E-state index contributed by atoms with van der Waals surface area (Å²) >= 11 is 0. The maximum Gasteiger partial charge on any atom is 0.416 e. The molecule has 4 aromatic rings. The average molecular weight is 399 g/mol. The second-order valence-corrected chi connectivity index (χ2v) is 6.57. The zero-order valence-corrected chi connectivity index (χ0v) is 15.1. The number of aromatic nitrogens is 3. The number of benzene rings is 2. The average Bonchev–Trinajstić information content (AvgIpc) is 3.10. The smallest absolute Gasteiger partial charge is 0.392 e. The van der Waals surface area contributed by atoms with Crippen LogP contribution in [0.5, 0.6) is 0 Å². The number of aliphatic hydroxyl groups is 1. The summed E-state index contributed by atoms with van der Waals surface area (Å²) in [5, 5.41) is 14.3. The summed E-state index contributed by atoms with van der Waals surface area (Å²) < 4.78 is 41.5. The zero-order valence-electron chi connectivity index (χ0n) is 15.1. The van der Waals surface area contributed by atoms with Crippen molar-refractivity contribution in [1.29, 1.82) is 0 Å². The van der Waals surface area contributed by atoms with Crippen LogP contribution in [0.15, 0.2) is 71.8 Å². The van der Waals surface area contributed by atoms with Gasteiger partial charge < -0.3 is 9.67 Å². The highest BCUT2D eigenvalue weighted by Crippen LogP contribution is 2.29. The molecular weight excluding hydrogens is 383 g/mol. The molecule has 0 atom stereocenters. The predicted octanol–water partition coefficient (Wildman–Crippen LogP) is 3.72. The minimum absolute atomic E-state index is 0.0318. The van der Waals surface area contributed by atoms with Crippen molar-refractivity contribution < 1.29 is 18.3 Å². The Morgan fingerprint density at radius 2 is 1.76 bits per heavy atom. The molecule has 5 nitrogen and oxygen atoms in total. The van der Waals surface area contributed by atoms with Gasteiger partial charge in [0, 0.05) is 23.5 Å². The Kier molecular flexibility index (Phi) is 4.71. The molecule has 0 aliphatic carbocycles. The van der Waals surface area contributed by atoms with Crippen LogP contribution < -0.4 is 5.56 Å². The molecule has 0 bridgehead atoms. The number of nitrogens with zero attached hydrogens (tertiary/aromatic N) is 3. The first-order valence-electron chi connectivity index (χ1n) is 8.81. The number of aliphatic hydroxyl groups excluding tert-OH is 1. The maximum absolute atomic E-state index is 13.0. The number of hydrogen-bond acceptors (Lipinski definition) is 3. The van der Waals surface area contributed by atoms with Gasteiger partial charge in [-0.3, -0.25) is 4.79 Å². The second-order valence-electron chi connectivity index (χ2n) is 6.57. The van der Waals surface area contributed by atoms with Gasteiger partial charge in [-0.2, -0.15) is 18.3 Å². The summed E-state index contributed by atoms with van der Waals surface area (Å²) in [6.07, 6.45) is -1.43. The van der Waals surface area contributed by atoms with Gasteiger partial charge in [0.25, 0.3) is 5.56 Å². The van der Waals surface area contributed by atoms with Crippen LogP contribution in [0.4, 0.5) is 13.2 Å². The van der Waals surface area contributed by atoms with Crippen molar-refractivity contribution in [2.24, 2.45) is 0 Å². The van der Waals surface area contributed by atoms with Crippen LogP contribution in [0.3, 0.4) is 0 Å². The quantitative estimate of drug-likeness (QED) is 0.569. The molecule has 148 valence electrons. The molecular formula is C21H16F3N3O2. The predicted molar refractivity (Wildman–Crippen MR) is 101 cm³/mol. The number of alkyl halides is 3. The van der Waals surface area contributed by atoms with E-state index in [9.17, 15) is 23.1 Å². The SMILES string of the molecule is O=c1c2c(CO)c(-c3ccccc3)nn2ccn1Cc1cccc(C(F)(F)F)c1. The molecule has 0 radical (unpaired) electrons. The minimum Gasteiger partial charge on any atom is -0.392 e. The van der Waals surface area contributed by atoms with E-state index in [-0.39, 0.29) is 12.1 Å². The molecule has 2 aromatic carbocycles. The van der Waals surface area contributed by atoms with Crippen LogP contribution >= 0.6 is 0 Å². The van der Waals surface area contributed by atoms with Crippen molar-refractivity contribution >= 4 is 5.52 Å². The molecule has 0 amide bonds. The number of halogens is 3. The molecule has 0 aliphatic heterocycles. The molecule has 0 unspecified atom stereocenters. The highest BCUT2D eigenvalue weighted by atomic mass is 19.4. The van der Waals surface area contributed by atoms with E-state index in [1.165, 1.54) is 27.4 Å². The molecule has 8 heteroatoms. The summed E-state index contributed by atoms with van der Waals surface area (Å²) in [5.41, 5.74) is 0.950. The van der Waals surface area contributed by atoms with Gasteiger partial charge in [0.15, 0.2) is 0 Å². The van der Waals surface area contributed by atoms with Gasteiger partial charge in [0.2, 0.25) is 0 Å². The Morgan fingerprint density at radius 3 is 2.45 bits per heavy atom. The van der Waals surface area contributed by atoms with Crippen molar-refractivity contribution in [3.05, 3.63) is 94.0 Å². The topological polar surface area (TPSA) is 59.5 Å². The fourth-order valence-corrected chi connectivity index (χ4v) is 3.30. The van der Waals surface area contributed by atoms with Gasteiger partial charge in [-0.1, -0.05) is 42.5 Å². The van der Waals surface area contributed by atoms with Gasteiger partial charge in [-0.25, -0.2) is 4.52 Å². The Hall–Kier alpha value is -3.39. The Balaban J connectivity index is 1.80. The third-order valence-corrected chi connectivity index (χ3v) is 4.67. The van der Waals surface area contributed by atoms with Gasteiger partial charge in [0.1, 0.15) is 5.52 Å². The number of hydrogen-bond donors (Lipinski definition) is 1. The monoisotopic (exact) mass is 399 g/mol. The largest absolute Gasteiger partial charge is 0.416 e. The lowest BCUT2D eigenvalue weighted by atomic mass is 10.1. The number of rotatable bonds is 4. The van der Waals surface area contributed by atoms with Crippen molar-refractivity contribution in [3.8, 4) is 11.3 Å². The molecule has 0 fully saturated rings. The minimum atomic E-state index is -4.45. The first-order chi connectivity index (χ1) is 13.9. The fraction of sp³-hybridized carbons (Fsp3) is 0.143. The Labute approximate surface area is 163 Å². The van der Waals surface area contributed by atoms with Crippen LogP contribution in [0, 0.1) is 0 Å². The van der Waals surface area contributed by atoms with Crippen molar-refractivity contribution in [2.75, 3.05) is 0 Å². The molecule has 0 aliphatic rings. The third kappa shape index (κ3) is 3.54. The summed E-state index contributed by atoms with van der Waals surface area (Å²) in [7, 11) is 0. The van der Waals surface area contributed by atoms with Crippen LogP contribution in [0.1, 0.15) is 16.7 Å². The molecule has 29 heavy (non-hydrogen) atoms. The van der Waals surface area contributed by atoms with Crippen LogP contribution in [0.25, 0.3) is 16.8 Å². The van der Waals surface area contributed by atoms with E-state index in [4.69, 9.17) is 0 Å². The molecule has 0 saturated heterocycles.